The quantitative estimate of drug-likeness (QED) is 0.673. The number of hydrogen-bond acceptors (Lipinski definition) is 5. The zero-order chi connectivity index (χ0) is 20.8. The number of carbonyl (C=O) groups is 2. The van der Waals surface area contributed by atoms with E-state index in [1.165, 1.54) is 14.2 Å². The van der Waals surface area contributed by atoms with Crippen LogP contribution in [0.2, 0.25) is 0 Å². The van der Waals surface area contributed by atoms with Crippen molar-refractivity contribution in [3.63, 3.8) is 0 Å². The van der Waals surface area contributed by atoms with Gasteiger partial charge in [0.25, 0.3) is 0 Å². The summed E-state index contributed by atoms with van der Waals surface area (Å²) in [6.07, 6.45) is -1.15. The van der Waals surface area contributed by atoms with Crippen molar-refractivity contribution < 1.29 is 28.9 Å². The lowest BCUT2D eigenvalue weighted by Crippen LogP contribution is -2.44. The van der Waals surface area contributed by atoms with Crippen molar-refractivity contribution in [3.8, 4) is 11.1 Å². The molecule has 0 radical (unpaired) electrons. The van der Waals surface area contributed by atoms with Crippen LogP contribution < -0.4 is 5.32 Å². The van der Waals surface area contributed by atoms with E-state index < -0.39 is 24.2 Å². The van der Waals surface area contributed by atoms with Crippen molar-refractivity contribution in [2.75, 3.05) is 27.4 Å². The van der Waals surface area contributed by atoms with Gasteiger partial charge in [-0.3, -0.25) is 0 Å². The number of carboxylic acid groups (broad SMARTS) is 1. The van der Waals surface area contributed by atoms with Crippen LogP contribution in [0.5, 0.6) is 0 Å². The number of alkyl carbamates (subject to hydrolysis) is 1. The first-order valence-electron chi connectivity index (χ1n) is 9.41. The second kappa shape index (κ2) is 9.54. The van der Waals surface area contributed by atoms with Gasteiger partial charge >= 0.3 is 12.1 Å². The maximum absolute atomic E-state index is 12.3. The van der Waals surface area contributed by atoms with Crippen molar-refractivity contribution in [2.45, 2.75) is 24.5 Å². The van der Waals surface area contributed by atoms with Gasteiger partial charge < -0.3 is 24.6 Å². The molecular formula is C22H25NO6. The lowest BCUT2D eigenvalue weighted by Gasteiger charge is -2.21. The van der Waals surface area contributed by atoms with Crippen LogP contribution in [0.15, 0.2) is 48.5 Å². The normalized spacial score (nSPS) is 14.6. The molecule has 0 aliphatic heterocycles. The Morgan fingerprint density at radius 2 is 1.62 bits per heavy atom. The van der Waals surface area contributed by atoms with E-state index in [9.17, 15) is 14.7 Å². The van der Waals surface area contributed by atoms with Gasteiger partial charge in [-0.25, -0.2) is 9.59 Å². The number of ether oxygens (including phenoxy) is 3. The van der Waals surface area contributed by atoms with Gasteiger partial charge in [-0.05, 0) is 22.3 Å². The number of rotatable bonds is 9. The molecule has 1 aliphatic rings. The third-order valence-corrected chi connectivity index (χ3v) is 5.12. The van der Waals surface area contributed by atoms with Crippen LogP contribution in [0.25, 0.3) is 11.1 Å². The average molecular weight is 399 g/mol. The van der Waals surface area contributed by atoms with Crippen molar-refractivity contribution in [1.82, 2.24) is 5.32 Å². The van der Waals surface area contributed by atoms with Crippen LogP contribution in [0.4, 0.5) is 4.79 Å². The van der Waals surface area contributed by atoms with Crippen LogP contribution in [0.1, 0.15) is 23.5 Å². The monoisotopic (exact) mass is 399 g/mol. The smallest absolute Gasteiger partial charge is 0.407 e. The second-order valence-electron chi connectivity index (χ2n) is 6.91. The number of aliphatic carboxylic acids is 1. The van der Waals surface area contributed by atoms with E-state index in [2.05, 4.69) is 17.4 Å². The second-order valence-corrected chi connectivity index (χ2v) is 6.91. The molecule has 0 saturated heterocycles. The molecule has 0 bridgehead atoms. The van der Waals surface area contributed by atoms with E-state index in [0.717, 1.165) is 22.3 Å². The van der Waals surface area contributed by atoms with Crippen LogP contribution >= 0.6 is 0 Å². The molecule has 0 fully saturated rings. The van der Waals surface area contributed by atoms with Crippen molar-refractivity contribution in [2.24, 2.45) is 0 Å². The SMILES string of the molecule is COCC(CC(NC(=O)OCC1c2ccccc2-c2ccccc21)C(=O)O)OC. The maximum atomic E-state index is 12.3. The van der Waals surface area contributed by atoms with E-state index in [4.69, 9.17) is 14.2 Å². The number of carbonyl (C=O) groups excluding carboxylic acids is 1. The Labute approximate surface area is 169 Å². The Morgan fingerprint density at radius 3 is 2.14 bits per heavy atom. The number of benzene rings is 2. The van der Waals surface area contributed by atoms with Gasteiger partial charge in [-0.2, -0.15) is 0 Å². The molecule has 2 N–H and O–H groups in total. The maximum Gasteiger partial charge on any atom is 0.407 e. The predicted octanol–water partition coefficient (Wildman–Crippen LogP) is 3.03. The molecule has 2 unspecified atom stereocenters. The molecule has 154 valence electrons. The number of hydrogen-bond donors (Lipinski definition) is 2. The molecule has 2 atom stereocenters. The van der Waals surface area contributed by atoms with Gasteiger partial charge in [0.2, 0.25) is 0 Å². The van der Waals surface area contributed by atoms with Crippen molar-refractivity contribution >= 4 is 12.1 Å². The summed E-state index contributed by atoms with van der Waals surface area (Å²) >= 11 is 0. The van der Waals surface area contributed by atoms with Crippen LogP contribution in [-0.4, -0.2) is 56.7 Å². The summed E-state index contributed by atoms with van der Waals surface area (Å²) in [6.45, 7) is 0.352. The molecular weight excluding hydrogens is 374 g/mol. The first-order valence-corrected chi connectivity index (χ1v) is 9.41. The van der Waals surface area contributed by atoms with Crippen LogP contribution in [0, 0.1) is 0 Å². The van der Waals surface area contributed by atoms with Gasteiger partial charge in [0.15, 0.2) is 0 Å². The molecule has 2 aromatic carbocycles. The number of amides is 1. The Hall–Kier alpha value is -2.90. The standard InChI is InChI=1S/C22H25NO6/c1-27-12-14(28-2)11-20(21(24)25)23-22(26)29-13-19-17-9-5-3-7-15(17)16-8-4-6-10-18(16)19/h3-10,14,19-20H,11-13H2,1-2H3,(H,23,26)(H,24,25). The molecule has 7 nitrogen and oxygen atoms in total. The zero-order valence-electron chi connectivity index (χ0n) is 16.5. The van der Waals surface area contributed by atoms with E-state index in [1.54, 1.807) is 0 Å². The largest absolute Gasteiger partial charge is 0.480 e. The Kier molecular flexibility index (Phi) is 6.85. The van der Waals surface area contributed by atoms with E-state index in [-0.39, 0.29) is 25.6 Å². The highest BCUT2D eigenvalue weighted by Crippen LogP contribution is 2.44. The summed E-state index contributed by atoms with van der Waals surface area (Å²) in [7, 11) is 2.97. The summed E-state index contributed by atoms with van der Waals surface area (Å²) < 4.78 is 15.6. The average Bonchev–Trinajstić information content (AvgIpc) is 3.05. The first kappa shape index (κ1) is 20.8. The fourth-order valence-electron chi connectivity index (χ4n) is 3.68. The molecule has 3 rings (SSSR count). The summed E-state index contributed by atoms with van der Waals surface area (Å²) in [5, 5.41) is 11.8. The summed E-state index contributed by atoms with van der Waals surface area (Å²) in [6, 6.07) is 14.9. The number of methoxy groups -OCH3 is 2. The van der Waals surface area contributed by atoms with Crippen LogP contribution in [-0.2, 0) is 19.0 Å². The summed E-state index contributed by atoms with van der Waals surface area (Å²) in [5.41, 5.74) is 4.44. The third kappa shape index (κ3) is 4.75. The van der Waals surface area contributed by atoms with Crippen molar-refractivity contribution in [3.05, 3.63) is 59.7 Å². The summed E-state index contributed by atoms with van der Waals surface area (Å²) in [5.74, 6) is -1.24. The lowest BCUT2D eigenvalue weighted by molar-refractivity contribution is -0.140. The number of fused-ring (bicyclic) bond motifs is 3. The van der Waals surface area contributed by atoms with E-state index >= 15 is 0 Å². The molecule has 1 aliphatic carbocycles. The Balaban J connectivity index is 1.65. The Morgan fingerprint density at radius 1 is 1.03 bits per heavy atom. The van der Waals surface area contributed by atoms with Gasteiger partial charge in [0, 0.05) is 26.6 Å². The topological polar surface area (TPSA) is 94.1 Å². The number of nitrogens with one attached hydrogen (secondary N) is 1. The van der Waals surface area contributed by atoms with Gasteiger partial charge in [-0.1, -0.05) is 48.5 Å². The first-order chi connectivity index (χ1) is 14.0. The predicted molar refractivity (Wildman–Crippen MR) is 107 cm³/mol. The fourth-order valence-corrected chi connectivity index (χ4v) is 3.68. The van der Waals surface area contributed by atoms with Gasteiger partial charge in [-0.15, -0.1) is 0 Å². The third-order valence-electron chi connectivity index (χ3n) is 5.12. The van der Waals surface area contributed by atoms with Gasteiger partial charge in [0.1, 0.15) is 12.6 Å². The minimum Gasteiger partial charge on any atom is -0.480 e. The molecule has 1 amide bonds. The molecule has 2 aromatic rings. The summed E-state index contributed by atoms with van der Waals surface area (Å²) in [4.78, 5) is 23.8. The molecule has 0 heterocycles. The highest BCUT2D eigenvalue weighted by molar-refractivity contribution is 5.81. The van der Waals surface area contributed by atoms with E-state index in [0.29, 0.717) is 0 Å². The minimum absolute atomic E-state index is 0.0733. The van der Waals surface area contributed by atoms with Gasteiger partial charge in [0.05, 0.1) is 12.7 Å². The van der Waals surface area contributed by atoms with Crippen LogP contribution in [0.3, 0.4) is 0 Å². The lowest BCUT2D eigenvalue weighted by atomic mass is 9.98. The van der Waals surface area contributed by atoms with E-state index in [1.807, 2.05) is 36.4 Å². The highest BCUT2D eigenvalue weighted by Gasteiger charge is 2.30. The molecule has 0 saturated carbocycles. The number of carboxylic acids is 1. The fraction of sp³-hybridized carbons (Fsp3) is 0.364. The molecule has 29 heavy (non-hydrogen) atoms. The zero-order valence-corrected chi connectivity index (χ0v) is 16.5. The minimum atomic E-state index is -1.16. The molecule has 0 spiro atoms. The highest BCUT2D eigenvalue weighted by atomic mass is 16.5. The van der Waals surface area contributed by atoms with Crippen molar-refractivity contribution in [1.29, 1.82) is 0 Å². The molecule has 0 aromatic heterocycles. The molecule has 7 heteroatoms. The Bertz CT molecular complexity index is 822.